The monoisotopic (exact) mass is 547 g/mol. The number of allylic oxidation sites excluding steroid dienone is 6. The lowest BCUT2D eigenvalue weighted by Crippen LogP contribution is -2.58. The molecule has 0 spiro atoms. The highest BCUT2D eigenvalue weighted by Crippen LogP contribution is 2.41. The van der Waals surface area contributed by atoms with Gasteiger partial charge in [0.1, 0.15) is 18.3 Å². The van der Waals surface area contributed by atoms with Crippen LogP contribution < -0.4 is 14.2 Å². The minimum atomic E-state index is -1.47. The zero-order chi connectivity index (χ0) is 29.3. The molecule has 0 bridgehead atoms. The minimum absolute atomic E-state index is 0.0228. The summed E-state index contributed by atoms with van der Waals surface area (Å²) in [7, 11) is 2.93. The maximum absolute atomic E-state index is 10.4. The van der Waals surface area contributed by atoms with Crippen molar-refractivity contribution >= 4 is 0 Å². The van der Waals surface area contributed by atoms with E-state index in [0.29, 0.717) is 17.7 Å². The van der Waals surface area contributed by atoms with E-state index in [-0.39, 0.29) is 23.3 Å². The van der Waals surface area contributed by atoms with Gasteiger partial charge in [0.2, 0.25) is 12.0 Å². The molecule has 0 saturated carbocycles. The van der Waals surface area contributed by atoms with Crippen LogP contribution >= 0.6 is 0 Å². The average molecular weight is 548 g/mol. The van der Waals surface area contributed by atoms with Crippen LogP contribution in [0.4, 0.5) is 0 Å². The molecule has 39 heavy (non-hydrogen) atoms. The first-order chi connectivity index (χ1) is 18.5. The van der Waals surface area contributed by atoms with Crippen molar-refractivity contribution in [3.63, 3.8) is 0 Å². The zero-order valence-electron chi connectivity index (χ0n) is 24.3. The average Bonchev–Trinajstić information content (AvgIpc) is 2.93. The molecule has 1 aliphatic rings. The van der Waals surface area contributed by atoms with E-state index in [9.17, 15) is 20.4 Å². The number of methoxy groups -OCH3 is 2. The van der Waals surface area contributed by atoms with Gasteiger partial charge < -0.3 is 39.4 Å². The number of hydrogen-bond acceptors (Lipinski definition) is 9. The Labute approximate surface area is 232 Å². The molecule has 1 aliphatic heterocycles. The molecule has 7 atom stereocenters. The van der Waals surface area contributed by atoms with Gasteiger partial charge >= 0.3 is 0 Å². The van der Waals surface area contributed by atoms with Crippen LogP contribution in [0.5, 0.6) is 17.4 Å². The molecule has 218 valence electrons. The second kappa shape index (κ2) is 15.2. The van der Waals surface area contributed by atoms with E-state index in [0.717, 1.165) is 17.6 Å². The summed E-state index contributed by atoms with van der Waals surface area (Å²) in [6, 6.07) is 0. The smallest absolute Gasteiger partial charge is 0.261 e. The number of aromatic nitrogens is 1. The number of ether oxygens (including phenoxy) is 4. The van der Waals surface area contributed by atoms with Gasteiger partial charge in [-0.05, 0) is 46.6 Å². The third-order valence-electron chi connectivity index (χ3n) is 7.02. The maximum Gasteiger partial charge on any atom is 0.261 e. The number of hydrogen-bond donors (Lipinski definition) is 4. The highest BCUT2D eigenvalue weighted by atomic mass is 16.7. The Hall–Kier alpha value is -2.69. The molecule has 2 heterocycles. The van der Waals surface area contributed by atoms with Gasteiger partial charge in [0.05, 0.1) is 32.1 Å². The molecule has 9 nitrogen and oxygen atoms in total. The van der Waals surface area contributed by atoms with Crippen molar-refractivity contribution in [2.24, 2.45) is 5.92 Å². The molecule has 9 heteroatoms. The molecule has 0 aromatic carbocycles. The van der Waals surface area contributed by atoms with Crippen LogP contribution in [0.25, 0.3) is 0 Å². The van der Waals surface area contributed by atoms with Crippen molar-refractivity contribution in [1.82, 2.24) is 4.98 Å². The molecule has 7 unspecified atom stereocenters. The van der Waals surface area contributed by atoms with E-state index < -0.39 is 36.8 Å². The van der Waals surface area contributed by atoms with Crippen molar-refractivity contribution < 1.29 is 39.4 Å². The predicted molar refractivity (Wildman–Crippen MR) is 150 cm³/mol. The molecule has 0 aliphatic carbocycles. The lowest BCUT2D eigenvalue weighted by Gasteiger charge is -2.39. The summed E-state index contributed by atoms with van der Waals surface area (Å²) in [5, 5.41) is 40.9. The van der Waals surface area contributed by atoms with Crippen LogP contribution in [0.2, 0.25) is 0 Å². The molecular formula is C30H45NO8. The van der Waals surface area contributed by atoms with Gasteiger partial charge in [-0.25, -0.2) is 4.98 Å². The Kier molecular flexibility index (Phi) is 12.7. The van der Waals surface area contributed by atoms with Gasteiger partial charge in [-0.15, -0.1) is 0 Å². The summed E-state index contributed by atoms with van der Waals surface area (Å²) in [5.74, 6) is 0.754. The van der Waals surface area contributed by atoms with E-state index in [2.05, 4.69) is 17.1 Å². The Balaban J connectivity index is 2.17. The van der Waals surface area contributed by atoms with Crippen LogP contribution in [-0.2, 0) is 11.2 Å². The molecule has 0 amide bonds. The fraction of sp³-hybridized carbons (Fsp3) is 0.567. The third-order valence-corrected chi connectivity index (χ3v) is 7.02. The van der Waals surface area contributed by atoms with Crippen molar-refractivity contribution in [2.45, 2.75) is 91.2 Å². The Morgan fingerprint density at radius 3 is 2.36 bits per heavy atom. The number of aliphatic hydroxyl groups excluding tert-OH is 4. The highest BCUT2D eigenvalue weighted by Gasteiger charge is 2.43. The first-order valence-corrected chi connectivity index (χ1v) is 13.2. The summed E-state index contributed by atoms with van der Waals surface area (Å²) in [5.41, 5.74) is 3.44. The zero-order valence-corrected chi connectivity index (χ0v) is 24.3. The standard InChI is InChI=1S/C30H45NO8/c1-9-18(3)23(32)19(4)14-12-10-11-13-17(2)15-16-22-20(5)27(28(36-7)29(31-22)37-8)39-30-26(35)25(34)24(33)21(6)38-30/h9-12,14-15,19,21,23-26,30,32-35H,13,16H2,1-8H3. The fourth-order valence-corrected chi connectivity index (χ4v) is 4.16. The SMILES string of the molecule is CC=C(C)C(O)C(C)C=CC=CCC(C)=CCc1nc(OC)c(OC)c(OC2OC(C)C(O)C(O)C2O)c1C. The maximum atomic E-state index is 10.4. The number of aliphatic hydroxyl groups is 4. The lowest BCUT2D eigenvalue weighted by molar-refractivity contribution is -0.268. The Morgan fingerprint density at radius 1 is 1.05 bits per heavy atom. The summed E-state index contributed by atoms with van der Waals surface area (Å²) >= 11 is 0. The van der Waals surface area contributed by atoms with Gasteiger partial charge in [-0.2, -0.15) is 0 Å². The van der Waals surface area contributed by atoms with Gasteiger partial charge in [-0.1, -0.05) is 49.0 Å². The third kappa shape index (κ3) is 8.40. The number of rotatable bonds is 12. The van der Waals surface area contributed by atoms with Gasteiger partial charge in [0.25, 0.3) is 5.88 Å². The molecular weight excluding hydrogens is 502 g/mol. The summed E-state index contributed by atoms with van der Waals surface area (Å²) in [4.78, 5) is 4.59. The molecule has 4 N–H and O–H groups in total. The predicted octanol–water partition coefficient (Wildman–Crippen LogP) is 3.57. The van der Waals surface area contributed by atoms with Crippen molar-refractivity contribution in [2.75, 3.05) is 14.2 Å². The largest absolute Gasteiger partial charge is 0.489 e. The first kappa shape index (κ1) is 32.5. The van der Waals surface area contributed by atoms with Gasteiger partial charge in [0, 0.05) is 17.9 Å². The summed E-state index contributed by atoms with van der Waals surface area (Å²) in [6.07, 6.45) is 6.59. The van der Waals surface area contributed by atoms with Crippen LogP contribution in [0, 0.1) is 12.8 Å². The first-order valence-electron chi connectivity index (χ1n) is 13.2. The van der Waals surface area contributed by atoms with E-state index in [1.54, 1.807) is 6.92 Å². The fourth-order valence-electron chi connectivity index (χ4n) is 4.16. The van der Waals surface area contributed by atoms with Crippen molar-refractivity contribution in [3.8, 4) is 17.4 Å². The normalized spacial score (nSPS) is 26.2. The van der Waals surface area contributed by atoms with Crippen LogP contribution in [0.15, 0.2) is 47.6 Å². The van der Waals surface area contributed by atoms with E-state index in [4.69, 9.17) is 18.9 Å². The Bertz CT molecular complexity index is 1060. The van der Waals surface area contributed by atoms with Crippen LogP contribution in [-0.4, -0.2) is 76.4 Å². The Morgan fingerprint density at radius 2 is 1.74 bits per heavy atom. The second-order valence-corrected chi connectivity index (χ2v) is 9.96. The van der Waals surface area contributed by atoms with Crippen LogP contribution in [0.1, 0.15) is 52.3 Å². The van der Waals surface area contributed by atoms with Gasteiger partial charge in [-0.3, -0.25) is 0 Å². The van der Waals surface area contributed by atoms with E-state index in [1.807, 2.05) is 58.9 Å². The summed E-state index contributed by atoms with van der Waals surface area (Å²) < 4.78 is 22.6. The summed E-state index contributed by atoms with van der Waals surface area (Å²) in [6.45, 7) is 11.3. The van der Waals surface area contributed by atoms with Crippen molar-refractivity contribution in [3.05, 3.63) is 58.9 Å². The van der Waals surface area contributed by atoms with Gasteiger partial charge in [0.15, 0.2) is 5.75 Å². The molecule has 1 aromatic rings. The number of pyridine rings is 1. The molecule has 0 radical (unpaired) electrons. The molecule has 2 rings (SSSR count). The van der Waals surface area contributed by atoms with E-state index >= 15 is 0 Å². The quantitative estimate of drug-likeness (QED) is 0.229. The second-order valence-electron chi connectivity index (χ2n) is 9.96. The highest BCUT2D eigenvalue weighted by molar-refractivity contribution is 5.54. The molecule has 1 fully saturated rings. The molecule has 1 aromatic heterocycles. The van der Waals surface area contributed by atoms with Crippen molar-refractivity contribution in [1.29, 1.82) is 0 Å². The lowest BCUT2D eigenvalue weighted by atomic mass is 9.98. The topological polar surface area (TPSA) is 131 Å². The van der Waals surface area contributed by atoms with E-state index in [1.165, 1.54) is 14.2 Å². The number of nitrogens with zero attached hydrogens (tertiary/aromatic N) is 1. The molecule has 1 saturated heterocycles. The minimum Gasteiger partial charge on any atom is -0.489 e. The van der Waals surface area contributed by atoms with Crippen LogP contribution in [0.3, 0.4) is 0 Å².